The third kappa shape index (κ3) is 5.30. The zero-order chi connectivity index (χ0) is 26.2. The van der Waals surface area contributed by atoms with Gasteiger partial charge in [0.2, 0.25) is 5.91 Å². The average molecular weight is 549 g/mol. The van der Waals surface area contributed by atoms with E-state index in [2.05, 4.69) is 30.6 Å². The van der Waals surface area contributed by atoms with E-state index < -0.39 is 16.8 Å². The number of pyridine rings is 1. The largest absolute Gasteiger partial charge is 0.474 e. The predicted molar refractivity (Wildman–Crippen MR) is 134 cm³/mol. The summed E-state index contributed by atoms with van der Waals surface area (Å²) in [6, 6.07) is 1.17. The Morgan fingerprint density at radius 2 is 2.14 bits per heavy atom. The summed E-state index contributed by atoms with van der Waals surface area (Å²) in [5, 5.41) is 6.39. The molecule has 5 rings (SSSR count). The second-order valence-corrected chi connectivity index (χ2v) is 10.6. The predicted octanol–water partition coefficient (Wildman–Crippen LogP) is 1.33. The van der Waals surface area contributed by atoms with Crippen LogP contribution in [0.5, 0.6) is 5.88 Å². The maximum Gasteiger partial charge on any atom is 0.417 e. The number of thioether (sulfide) groups is 2. The quantitative estimate of drug-likeness (QED) is 0.308. The second kappa shape index (κ2) is 10.1. The summed E-state index contributed by atoms with van der Waals surface area (Å²) in [5.74, 6) is 0.215. The number of aromatic nitrogens is 5. The van der Waals surface area contributed by atoms with Crippen LogP contribution in [0.4, 0.5) is 20.8 Å². The molecule has 0 bridgehead atoms. The van der Waals surface area contributed by atoms with Gasteiger partial charge in [-0.25, -0.2) is 24.1 Å². The minimum absolute atomic E-state index is 0.112. The molecule has 5 heterocycles. The molecule has 37 heavy (non-hydrogen) atoms. The summed E-state index contributed by atoms with van der Waals surface area (Å²) in [6.07, 6.45) is 2.01. The van der Waals surface area contributed by atoms with E-state index in [1.54, 1.807) is 6.92 Å². The molecule has 0 aromatic carbocycles. The lowest BCUT2D eigenvalue weighted by Crippen LogP contribution is -2.32. The molecule has 1 atom stereocenters. The molecule has 0 spiro atoms. The van der Waals surface area contributed by atoms with Crippen molar-refractivity contribution < 1.29 is 23.5 Å². The van der Waals surface area contributed by atoms with Gasteiger partial charge in [-0.15, -0.1) is 0 Å². The van der Waals surface area contributed by atoms with Crippen LogP contribution in [-0.4, -0.2) is 72.8 Å². The molecule has 13 nitrogen and oxygen atoms in total. The van der Waals surface area contributed by atoms with Gasteiger partial charge in [0.25, 0.3) is 11.4 Å². The van der Waals surface area contributed by atoms with E-state index >= 15 is 0 Å². The van der Waals surface area contributed by atoms with Crippen LogP contribution in [0.3, 0.4) is 0 Å². The molecule has 2 aliphatic rings. The fourth-order valence-corrected chi connectivity index (χ4v) is 5.17. The Kier molecular flexibility index (Phi) is 6.87. The molecule has 3 aromatic heterocycles. The Morgan fingerprint density at radius 1 is 1.30 bits per heavy atom. The van der Waals surface area contributed by atoms with Crippen LogP contribution in [0, 0.1) is 5.82 Å². The van der Waals surface area contributed by atoms with Gasteiger partial charge in [-0.05, 0) is 6.92 Å². The zero-order valence-corrected chi connectivity index (χ0v) is 21.3. The van der Waals surface area contributed by atoms with Gasteiger partial charge in [0, 0.05) is 25.5 Å². The van der Waals surface area contributed by atoms with Crippen molar-refractivity contribution >= 4 is 58.3 Å². The van der Waals surface area contributed by atoms with Crippen molar-refractivity contribution in [3.63, 3.8) is 0 Å². The monoisotopic (exact) mass is 548 g/mol. The molecule has 0 radical (unpaired) electrons. The third-order valence-electron chi connectivity index (χ3n) is 5.43. The van der Waals surface area contributed by atoms with E-state index in [0.29, 0.717) is 23.3 Å². The lowest BCUT2D eigenvalue weighted by molar-refractivity contribution is -0.113. The number of aryl methyl sites for hydroxylation is 1. The van der Waals surface area contributed by atoms with Crippen molar-refractivity contribution in [1.82, 2.24) is 29.8 Å². The number of halogens is 1. The van der Waals surface area contributed by atoms with Crippen LogP contribution >= 0.6 is 23.5 Å². The molecular weight excluding hydrogens is 527 g/mol. The van der Waals surface area contributed by atoms with Crippen molar-refractivity contribution in [2.75, 3.05) is 41.5 Å². The minimum atomic E-state index is -0.857. The van der Waals surface area contributed by atoms with Gasteiger partial charge in [-0.1, -0.05) is 23.5 Å². The second-order valence-electron chi connectivity index (χ2n) is 8.22. The summed E-state index contributed by atoms with van der Waals surface area (Å²) in [6.45, 7) is 2.48. The average Bonchev–Trinajstić information content (AvgIpc) is 3.18. The molecule has 3 aromatic rings. The molecule has 0 aliphatic carbocycles. The van der Waals surface area contributed by atoms with Crippen LogP contribution in [0.1, 0.15) is 6.92 Å². The number of cyclic esters (lactones) is 1. The highest BCUT2D eigenvalue weighted by atomic mass is 32.2. The Bertz CT molecular complexity index is 1460. The van der Waals surface area contributed by atoms with E-state index in [-0.39, 0.29) is 53.2 Å². The van der Waals surface area contributed by atoms with Crippen LogP contribution in [0.2, 0.25) is 0 Å². The number of amides is 2. The van der Waals surface area contributed by atoms with Gasteiger partial charge in [-0.2, -0.15) is 4.98 Å². The summed E-state index contributed by atoms with van der Waals surface area (Å²) < 4.78 is 26.5. The number of ether oxygens (including phenoxy) is 2. The maximum atomic E-state index is 14.3. The summed E-state index contributed by atoms with van der Waals surface area (Å²) in [4.78, 5) is 53.0. The van der Waals surface area contributed by atoms with Crippen LogP contribution < -0.4 is 25.8 Å². The first-order valence-corrected chi connectivity index (χ1v) is 13.0. The smallest absolute Gasteiger partial charge is 0.417 e. The molecule has 2 aliphatic heterocycles. The number of fused-ring (bicyclic) bond motifs is 2. The van der Waals surface area contributed by atoms with Gasteiger partial charge in [0.15, 0.2) is 28.0 Å². The van der Waals surface area contributed by atoms with E-state index in [1.165, 1.54) is 52.3 Å². The topological polar surface area (TPSA) is 153 Å². The van der Waals surface area contributed by atoms with Crippen molar-refractivity contribution in [2.24, 2.45) is 7.05 Å². The highest BCUT2D eigenvalue weighted by Gasteiger charge is 2.43. The maximum absolute atomic E-state index is 14.3. The molecule has 1 fully saturated rings. The van der Waals surface area contributed by atoms with Crippen molar-refractivity contribution in [3.05, 3.63) is 34.6 Å². The number of hydrogen-bond acceptors (Lipinski definition) is 12. The van der Waals surface area contributed by atoms with Gasteiger partial charge in [0.1, 0.15) is 17.1 Å². The zero-order valence-electron chi connectivity index (χ0n) is 19.7. The van der Waals surface area contributed by atoms with Gasteiger partial charge in [0.05, 0.1) is 24.7 Å². The molecule has 16 heteroatoms. The van der Waals surface area contributed by atoms with Gasteiger partial charge >= 0.3 is 6.09 Å². The number of nitrogens with zero attached hydrogens (tertiary/aromatic N) is 6. The first-order valence-electron chi connectivity index (χ1n) is 11.0. The summed E-state index contributed by atoms with van der Waals surface area (Å²) >= 11 is 2.65. The van der Waals surface area contributed by atoms with E-state index in [0.717, 1.165) is 6.20 Å². The van der Waals surface area contributed by atoms with Crippen molar-refractivity contribution in [2.45, 2.75) is 16.9 Å². The molecule has 0 saturated carbocycles. The fourth-order valence-electron chi connectivity index (χ4n) is 3.57. The fraction of sp³-hybridized carbons (Fsp3) is 0.381. The summed E-state index contributed by atoms with van der Waals surface area (Å²) in [7, 11) is 1.52. The number of hydrogen-bond donors (Lipinski definition) is 2. The normalized spacial score (nSPS) is 19.1. The van der Waals surface area contributed by atoms with Gasteiger partial charge < -0.3 is 20.1 Å². The molecule has 2 N–H and O–H groups in total. The molecule has 1 saturated heterocycles. The molecule has 0 unspecified atom stereocenters. The standard InChI is InChI=1S/C21H21FN8O5S2/c1-21(9-30(20(33)35-21)13-6-25-19-16(26-13)27-14(31)8-36-19)37-10-23-3-4-34-18-11(22)5-12-17(28-18)29(2)15(32)7-24-12/h5-7,23H,3-4,8-10H2,1-2H3,(H,26,27,31)/t21-/m0/s1. The Labute approximate surface area is 217 Å². The SMILES string of the molecule is Cn1c(=O)cnc2cc(F)c(OCCNCS[C@@]3(C)CN(c4cnc5c(n4)NC(=O)CS5)C(=O)O3)nc21. The third-order valence-corrected chi connectivity index (χ3v) is 7.58. The number of anilines is 2. The van der Waals surface area contributed by atoms with Crippen molar-refractivity contribution in [1.29, 1.82) is 0 Å². The lowest BCUT2D eigenvalue weighted by Gasteiger charge is -2.21. The Balaban J connectivity index is 1.12. The highest BCUT2D eigenvalue weighted by molar-refractivity contribution is 8.00. The Hall–Kier alpha value is -3.50. The van der Waals surface area contributed by atoms with E-state index in [1.807, 2.05) is 0 Å². The van der Waals surface area contributed by atoms with Crippen LogP contribution in [-0.2, 0) is 16.6 Å². The van der Waals surface area contributed by atoms with Crippen LogP contribution in [0.25, 0.3) is 11.2 Å². The van der Waals surface area contributed by atoms with E-state index in [9.17, 15) is 18.8 Å². The number of carbonyl (C=O) groups is 2. The summed E-state index contributed by atoms with van der Waals surface area (Å²) in [5.41, 5.74) is 0.109. The molecule has 2 amide bonds. The lowest BCUT2D eigenvalue weighted by atomic mass is 10.4. The minimum Gasteiger partial charge on any atom is -0.474 e. The van der Waals surface area contributed by atoms with Gasteiger partial charge in [-0.3, -0.25) is 19.1 Å². The van der Waals surface area contributed by atoms with E-state index in [4.69, 9.17) is 9.47 Å². The number of carbonyl (C=O) groups excluding carboxylic acids is 2. The highest BCUT2D eigenvalue weighted by Crippen LogP contribution is 2.36. The van der Waals surface area contributed by atoms with Crippen molar-refractivity contribution in [3.8, 4) is 5.88 Å². The number of rotatable bonds is 8. The Morgan fingerprint density at radius 3 is 2.97 bits per heavy atom. The first kappa shape index (κ1) is 25.2. The molecular formula is C21H21FN8O5S2. The van der Waals surface area contributed by atoms with Crippen LogP contribution in [0.15, 0.2) is 28.3 Å². The first-order chi connectivity index (χ1) is 17.7. The number of nitrogens with one attached hydrogen (secondary N) is 2. The molecule has 194 valence electrons.